The van der Waals surface area contributed by atoms with Crippen LogP contribution in [-0.4, -0.2) is 88.2 Å². The molecular formula is C80H75N15O5. The van der Waals surface area contributed by atoms with Crippen LogP contribution in [0.3, 0.4) is 0 Å². The molecule has 1 N–H and O–H groups in total. The van der Waals surface area contributed by atoms with Crippen LogP contribution in [0, 0.1) is 0 Å². The van der Waals surface area contributed by atoms with Gasteiger partial charge in [0, 0.05) is 95.8 Å². The van der Waals surface area contributed by atoms with E-state index in [-0.39, 0.29) is 30.6 Å². The molecule has 3 amide bonds. The van der Waals surface area contributed by atoms with Gasteiger partial charge in [0.1, 0.15) is 17.5 Å². The van der Waals surface area contributed by atoms with E-state index in [0.29, 0.717) is 96.7 Å². The Kier molecular flexibility index (Phi) is 19.3. The fourth-order valence-electron chi connectivity index (χ4n) is 12.9. The predicted molar refractivity (Wildman–Crippen MR) is 385 cm³/mol. The summed E-state index contributed by atoms with van der Waals surface area (Å²) in [6, 6.07) is 52.3. The van der Waals surface area contributed by atoms with Gasteiger partial charge in [-0.25, -0.2) is 39.9 Å². The molecule has 0 atom stereocenters. The minimum absolute atomic E-state index is 0.00586. The molecule has 0 aliphatic carbocycles. The molecule has 0 saturated heterocycles. The van der Waals surface area contributed by atoms with Crippen LogP contribution >= 0.6 is 0 Å². The first-order valence-electron chi connectivity index (χ1n) is 33.4. The van der Waals surface area contributed by atoms with E-state index in [0.717, 1.165) is 78.0 Å². The second kappa shape index (κ2) is 28.9. The number of aliphatic carboxylic acids is 1. The molecule has 3 aliphatic rings. The molecule has 0 fully saturated rings. The fourth-order valence-corrected chi connectivity index (χ4v) is 12.9. The Hall–Kier alpha value is -12.1. The summed E-state index contributed by atoms with van der Waals surface area (Å²) in [7, 11) is 3.67. The van der Waals surface area contributed by atoms with Crippen LogP contribution in [0.2, 0.25) is 0 Å². The van der Waals surface area contributed by atoms with E-state index in [1.165, 1.54) is 16.7 Å². The van der Waals surface area contributed by atoms with Crippen molar-refractivity contribution in [2.45, 2.75) is 105 Å². The lowest BCUT2D eigenvalue weighted by atomic mass is 9.97. The predicted octanol–water partition coefficient (Wildman–Crippen LogP) is 14.0. The van der Waals surface area contributed by atoms with E-state index in [2.05, 4.69) is 125 Å². The molecule has 0 bridgehead atoms. The summed E-state index contributed by atoms with van der Waals surface area (Å²) in [5.41, 5.74) is 17.6. The van der Waals surface area contributed by atoms with E-state index in [1.807, 2.05) is 115 Å². The smallest absolute Gasteiger partial charge is 0.309 e. The number of anilines is 3. The van der Waals surface area contributed by atoms with Crippen molar-refractivity contribution in [3.05, 3.63) is 257 Å². The van der Waals surface area contributed by atoms with Gasteiger partial charge in [0.15, 0.2) is 23.3 Å². The van der Waals surface area contributed by atoms with Crippen LogP contribution in [-0.2, 0) is 78.6 Å². The van der Waals surface area contributed by atoms with Gasteiger partial charge >= 0.3 is 5.97 Å². The van der Waals surface area contributed by atoms with Crippen LogP contribution in [0.15, 0.2) is 201 Å². The number of carbonyl (C=O) groups excluding carboxylic acids is 3. The molecule has 0 spiro atoms. The number of aryl methyl sites for hydroxylation is 2. The highest BCUT2D eigenvalue weighted by molar-refractivity contribution is 6.02. The van der Waals surface area contributed by atoms with E-state index >= 15 is 0 Å². The largest absolute Gasteiger partial charge is 0.481 e. The first-order chi connectivity index (χ1) is 48.4. The van der Waals surface area contributed by atoms with Crippen molar-refractivity contribution in [1.29, 1.82) is 0 Å². The van der Waals surface area contributed by atoms with E-state index in [1.54, 1.807) is 75.9 Å². The van der Waals surface area contributed by atoms with Crippen molar-refractivity contribution in [1.82, 2.24) is 59.4 Å². The molecule has 12 aromatic rings. The minimum atomic E-state index is -0.903. The van der Waals surface area contributed by atoms with Gasteiger partial charge < -0.3 is 5.11 Å². The van der Waals surface area contributed by atoms with Crippen molar-refractivity contribution < 1.29 is 24.3 Å². The SMILES string of the molecule is CC(C)c1ccccc1-c1ncc2c(n1)N(Cc1ccc(-c3ccnn3C)cc1)C(=O)C2.CC(C)c1ccccc1-c1ncc2c(n1)N(Cc1ccc(-c3cnn(C)c3CC(=O)O)cc1)C(=O)C2.CC(C)c1ccccc1-c1ncc2c(n1)N(Cc1ccc(-c3ncccn3)cc1)C(=O)C2. The summed E-state index contributed by atoms with van der Waals surface area (Å²) >= 11 is 0. The highest BCUT2D eigenvalue weighted by Gasteiger charge is 2.33. The van der Waals surface area contributed by atoms with Gasteiger partial charge in [0.25, 0.3) is 0 Å². The van der Waals surface area contributed by atoms with E-state index in [9.17, 15) is 24.3 Å². The molecule has 0 saturated carbocycles. The average molecular weight is 1330 g/mol. The van der Waals surface area contributed by atoms with Gasteiger partial charge in [-0.3, -0.25) is 43.2 Å². The van der Waals surface area contributed by atoms with Gasteiger partial charge in [0.05, 0.1) is 62.9 Å². The van der Waals surface area contributed by atoms with Gasteiger partial charge in [-0.1, -0.05) is 187 Å². The van der Waals surface area contributed by atoms with Crippen LogP contribution < -0.4 is 14.7 Å². The van der Waals surface area contributed by atoms with Crippen LogP contribution in [0.4, 0.5) is 17.5 Å². The van der Waals surface area contributed by atoms with Crippen LogP contribution in [0.25, 0.3) is 67.9 Å². The monoisotopic (exact) mass is 1330 g/mol. The highest BCUT2D eigenvalue weighted by Crippen LogP contribution is 2.38. The molecule has 9 heterocycles. The van der Waals surface area contributed by atoms with Gasteiger partial charge in [0.2, 0.25) is 17.7 Å². The zero-order valence-corrected chi connectivity index (χ0v) is 57.0. The Morgan fingerprint density at radius 1 is 0.400 bits per heavy atom. The summed E-state index contributed by atoms with van der Waals surface area (Å²) in [5, 5.41) is 17.7. The number of amides is 3. The first-order valence-corrected chi connectivity index (χ1v) is 33.4. The Labute approximate surface area is 580 Å². The van der Waals surface area contributed by atoms with Crippen molar-refractivity contribution >= 4 is 41.1 Å². The topological polar surface area (TPSA) is 237 Å². The molecule has 100 heavy (non-hydrogen) atoms. The number of nitrogens with zero attached hydrogens (tertiary/aromatic N) is 15. The Balaban J connectivity index is 0.000000135. The summed E-state index contributed by atoms with van der Waals surface area (Å²) in [4.78, 5) is 91.8. The fraction of sp³-hybridized carbons (Fsp3) is 0.225. The number of fused-ring (bicyclic) bond motifs is 3. The van der Waals surface area contributed by atoms with Crippen molar-refractivity contribution in [2.24, 2.45) is 14.1 Å². The van der Waals surface area contributed by atoms with Crippen LogP contribution in [0.1, 0.15) is 115 Å². The highest BCUT2D eigenvalue weighted by atomic mass is 16.4. The number of hydrogen-bond donors (Lipinski definition) is 1. The maximum atomic E-state index is 12.9. The maximum Gasteiger partial charge on any atom is 0.309 e. The quantitative estimate of drug-likeness (QED) is 0.0892. The number of rotatable bonds is 17. The normalized spacial score (nSPS) is 13.0. The third-order valence-electron chi connectivity index (χ3n) is 18.2. The minimum Gasteiger partial charge on any atom is -0.481 e. The van der Waals surface area contributed by atoms with E-state index < -0.39 is 5.97 Å². The van der Waals surface area contributed by atoms with Gasteiger partial charge in [-0.05, 0) is 74.4 Å². The molecule has 0 radical (unpaired) electrons. The number of carboxylic acids is 1. The average Bonchev–Trinajstić information content (AvgIpc) is 1.60. The number of benzene rings is 6. The number of carbonyl (C=O) groups is 4. The second-order valence-corrected chi connectivity index (χ2v) is 26.0. The lowest BCUT2D eigenvalue weighted by molar-refractivity contribution is -0.136. The maximum absolute atomic E-state index is 12.9. The van der Waals surface area contributed by atoms with Gasteiger partial charge in [-0.15, -0.1) is 0 Å². The molecular weight excluding hydrogens is 1250 g/mol. The zero-order valence-electron chi connectivity index (χ0n) is 57.0. The standard InChI is InChI=1S/C28H27N5O3.C26H25N5O.C26H23N5O/c1-17(2)21-6-4-5-7-22(21)27-29-14-20-12-25(34)33(28(20)31-27)16-18-8-10-19(11-9-18)23-15-30-32(3)24(23)13-26(35)36;1-17(2)21-6-4-5-7-22(21)25-27-15-20-14-24(32)31(26(20)29-25)16-18-8-10-19(11-9-18)23-12-13-28-30(23)3;1-17(2)21-6-3-4-7-22(21)25-29-15-20-14-23(32)31(26(20)30-25)16-18-8-10-19(11-9-18)24-27-12-5-13-28-24/h4-11,14-15,17H,12-13,16H2,1-3H3,(H,35,36);4-13,15,17H,14,16H2,1-3H3;3-13,15,17H,14,16H2,1-2H3. The summed E-state index contributed by atoms with van der Waals surface area (Å²) < 4.78 is 3.44. The third-order valence-corrected chi connectivity index (χ3v) is 18.2. The van der Waals surface area contributed by atoms with Crippen molar-refractivity contribution in [3.63, 3.8) is 0 Å². The first kappa shape index (κ1) is 66.5. The third kappa shape index (κ3) is 14.2. The lowest BCUT2D eigenvalue weighted by Crippen LogP contribution is -2.26. The molecule has 15 rings (SSSR count). The molecule has 6 aromatic carbocycles. The summed E-state index contributed by atoms with van der Waals surface area (Å²) in [5.74, 6) is 4.93. The summed E-state index contributed by atoms with van der Waals surface area (Å²) in [6.07, 6.45) is 13.1. The lowest BCUT2D eigenvalue weighted by Gasteiger charge is -2.18. The molecule has 20 nitrogen and oxygen atoms in total. The number of carboxylic acid groups (broad SMARTS) is 1. The molecule has 500 valence electrons. The Morgan fingerprint density at radius 2 is 0.780 bits per heavy atom. The number of hydrogen-bond acceptors (Lipinski definition) is 14. The Morgan fingerprint density at radius 3 is 1.15 bits per heavy atom. The van der Waals surface area contributed by atoms with Gasteiger partial charge in [-0.2, -0.15) is 10.2 Å². The van der Waals surface area contributed by atoms with E-state index in [4.69, 9.17) is 15.0 Å². The van der Waals surface area contributed by atoms with Crippen molar-refractivity contribution in [2.75, 3.05) is 14.7 Å². The number of aromatic nitrogens is 12. The molecule has 6 aromatic heterocycles. The van der Waals surface area contributed by atoms with Crippen LogP contribution in [0.5, 0.6) is 0 Å². The Bertz CT molecular complexity index is 5010. The molecule has 3 aliphatic heterocycles. The van der Waals surface area contributed by atoms with Crippen molar-refractivity contribution in [3.8, 4) is 67.9 Å². The zero-order chi connectivity index (χ0) is 69.7. The second-order valence-electron chi connectivity index (χ2n) is 26.0. The molecule has 0 unspecified atom stereocenters. The molecule has 20 heteroatoms. The summed E-state index contributed by atoms with van der Waals surface area (Å²) in [6.45, 7) is 14.3.